The first kappa shape index (κ1) is 33.8. The molecule has 6 N–H and O–H groups in total. The molecule has 11 heteroatoms. The van der Waals surface area contributed by atoms with E-state index in [2.05, 4.69) is 10.6 Å². The summed E-state index contributed by atoms with van der Waals surface area (Å²) in [7, 11) is 0. The minimum absolute atomic E-state index is 0. The van der Waals surface area contributed by atoms with Crippen LogP contribution >= 0.6 is 0 Å². The van der Waals surface area contributed by atoms with Crippen LogP contribution in [0.4, 0.5) is 0 Å². The van der Waals surface area contributed by atoms with Crippen LogP contribution in [0.1, 0.15) is 59.2 Å². The quantitative estimate of drug-likeness (QED) is 0.198. The Balaban J connectivity index is 0.000000682. The van der Waals surface area contributed by atoms with Crippen molar-refractivity contribution in [1.29, 1.82) is 0 Å². The SMILES string of the molecule is [Cu+2].[NH-]C(CCCCNC(=O)c1ccccc1)C(=O)O.[NH-]C(CCCCNC(=O)c1ccccc1)C(=O)O. The van der Waals surface area contributed by atoms with Crippen LogP contribution in [0.2, 0.25) is 0 Å². The van der Waals surface area contributed by atoms with E-state index in [9.17, 15) is 19.2 Å². The van der Waals surface area contributed by atoms with Gasteiger partial charge in [-0.1, -0.05) is 62.1 Å². The standard InChI is InChI=1S/2C13H17N2O3.Cu/c2*14-11(13(17)18)8-4-5-9-15-12(16)10-6-2-1-3-7-10;/h2*1-3,6-7,11,14H,4-5,8-9H2,(H,15,16)(H,17,18);/q2*-1;+2. The van der Waals surface area contributed by atoms with E-state index in [4.69, 9.17) is 21.7 Å². The number of aliphatic carboxylic acids is 2. The first-order valence-electron chi connectivity index (χ1n) is 11.8. The van der Waals surface area contributed by atoms with E-state index >= 15 is 0 Å². The second-order valence-electron chi connectivity index (χ2n) is 8.02. The summed E-state index contributed by atoms with van der Waals surface area (Å²) in [5, 5.41) is 22.5. The Morgan fingerprint density at radius 3 is 1.24 bits per heavy atom. The average molecular weight is 562 g/mol. The molecule has 0 aliphatic carbocycles. The Labute approximate surface area is 227 Å². The largest absolute Gasteiger partial charge is 2.00 e. The molecule has 0 aromatic heterocycles. The summed E-state index contributed by atoms with van der Waals surface area (Å²) in [5.41, 5.74) is 15.6. The van der Waals surface area contributed by atoms with Gasteiger partial charge in [-0.05, 0) is 49.2 Å². The molecular weight excluding hydrogens is 528 g/mol. The Morgan fingerprint density at radius 1 is 0.622 bits per heavy atom. The van der Waals surface area contributed by atoms with Crippen molar-refractivity contribution in [1.82, 2.24) is 10.6 Å². The average Bonchev–Trinajstić information content (AvgIpc) is 2.89. The molecular formula is C26H34CuN4O6. The van der Waals surface area contributed by atoms with E-state index in [0.29, 0.717) is 62.7 Å². The van der Waals surface area contributed by atoms with Crippen molar-refractivity contribution < 1.29 is 46.5 Å². The molecule has 0 fully saturated rings. The van der Waals surface area contributed by atoms with Gasteiger partial charge in [0.25, 0.3) is 23.8 Å². The molecule has 0 saturated carbocycles. The van der Waals surface area contributed by atoms with Crippen LogP contribution in [-0.4, -0.2) is 59.1 Å². The monoisotopic (exact) mass is 561 g/mol. The third-order valence-corrected chi connectivity index (χ3v) is 5.08. The molecule has 0 saturated heterocycles. The topological polar surface area (TPSA) is 180 Å². The van der Waals surface area contributed by atoms with Crippen LogP contribution in [0.5, 0.6) is 0 Å². The van der Waals surface area contributed by atoms with E-state index in [1.807, 2.05) is 12.1 Å². The molecule has 2 unspecified atom stereocenters. The van der Waals surface area contributed by atoms with Crippen LogP contribution in [-0.2, 0) is 26.7 Å². The molecule has 0 aliphatic rings. The molecule has 2 atom stereocenters. The Morgan fingerprint density at radius 2 is 0.946 bits per heavy atom. The van der Waals surface area contributed by atoms with Gasteiger partial charge < -0.3 is 32.3 Å². The first-order valence-corrected chi connectivity index (χ1v) is 11.8. The van der Waals surface area contributed by atoms with Crippen LogP contribution in [0.3, 0.4) is 0 Å². The molecule has 205 valence electrons. The van der Waals surface area contributed by atoms with Gasteiger partial charge in [0.1, 0.15) is 0 Å². The normalized spacial score (nSPS) is 11.5. The van der Waals surface area contributed by atoms with E-state index < -0.39 is 24.0 Å². The summed E-state index contributed by atoms with van der Waals surface area (Å²) in [6.45, 7) is 1.00. The van der Waals surface area contributed by atoms with E-state index in [0.717, 1.165) is 0 Å². The first-order chi connectivity index (χ1) is 17.2. The number of carboxylic acids is 2. The van der Waals surface area contributed by atoms with Crippen LogP contribution in [0.15, 0.2) is 60.7 Å². The molecule has 2 aromatic carbocycles. The fourth-order valence-electron chi connectivity index (χ4n) is 2.98. The van der Waals surface area contributed by atoms with Gasteiger partial charge >= 0.3 is 17.1 Å². The molecule has 0 aliphatic heterocycles. The predicted molar refractivity (Wildman–Crippen MR) is 137 cm³/mol. The summed E-state index contributed by atoms with van der Waals surface area (Å²) in [4.78, 5) is 44.0. The number of hydrogen-bond acceptors (Lipinski definition) is 4. The maximum atomic E-state index is 11.6. The molecule has 0 heterocycles. The number of hydrogen-bond donors (Lipinski definition) is 4. The Bertz CT molecular complexity index is 869. The second kappa shape index (κ2) is 19.9. The number of nitrogens with one attached hydrogen (secondary N) is 4. The van der Waals surface area contributed by atoms with Gasteiger partial charge in [-0.3, -0.25) is 19.2 Å². The summed E-state index contributed by atoms with van der Waals surface area (Å²) in [6, 6.07) is 15.7. The van der Waals surface area contributed by atoms with Crippen LogP contribution < -0.4 is 10.6 Å². The number of carbonyl (C=O) groups excluding carboxylic acids is 2. The van der Waals surface area contributed by atoms with Crippen LogP contribution in [0, 0.1) is 0 Å². The van der Waals surface area contributed by atoms with Gasteiger partial charge in [0.05, 0.1) is 0 Å². The molecule has 2 aromatic rings. The summed E-state index contributed by atoms with van der Waals surface area (Å²) in [6.07, 6.45) is 3.24. The van der Waals surface area contributed by atoms with Crippen molar-refractivity contribution in [3.63, 3.8) is 0 Å². The van der Waals surface area contributed by atoms with Crippen molar-refractivity contribution >= 4 is 23.8 Å². The number of unbranched alkanes of at least 4 members (excludes halogenated alkanes) is 2. The van der Waals surface area contributed by atoms with Gasteiger partial charge in [0.2, 0.25) is 0 Å². The van der Waals surface area contributed by atoms with Gasteiger partial charge in [-0.25, -0.2) is 0 Å². The Kier molecular flexibility index (Phi) is 18.1. The minimum Gasteiger partial charge on any atom is -0.665 e. The summed E-state index contributed by atoms with van der Waals surface area (Å²) < 4.78 is 0. The number of benzene rings is 2. The van der Waals surface area contributed by atoms with E-state index in [1.165, 1.54) is 0 Å². The maximum Gasteiger partial charge on any atom is 2.00 e. The van der Waals surface area contributed by atoms with Crippen molar-refractivity contribution in [3.8, 4) is 0 Å². The molecule has 1 radical (unpaired) electrons. The zero-order valence-electron chi connectivity index (χ0n) is 20.4. The number of carboxylic acid groups (broad SMARTS) is 2. The van der Waals surface area contributed by atoms with Crippen molar-refractivity contribution in [2.45, 2.75) is 50.6 Å². The second-order valence-corrected chi connectivity index (χ2v) is 8.02. The molecule has 2 rings (SSSR count). The zero-order valence-corrected chi connectivity index (χ0v) is 21.4. The van der Waals surface area contributed by atoms with Gasteiger partial charge in [0, 0.05) is 24.2 Å². The van der Waals surface area contributed by atoms with Gasteiger partial charge in [-0.2, -0.15) is 0 Å². The smallest absolute Gasteiger partial charge is 0.665 e. The molecule has 2 amide bonds. The number of amides is 2. The van der Waals surface area contributed by atoms with E-state index in [1.54, 1.807) is 48.5 Å². The predicted octanol–water partition coefficient (Wildman–Crippen LogP) is 4.18. The molecule has 10 nitrogen and oxygen atoms in total. The van der Waals surface area contributed by atoms with Crippen molar-refractivity contribution in [3.05, 3.63) is 83.3 Å². The van der Waals surface area contributed by atoms with Gasteiger partial charge in [0.15, 0.2) is 0 Å². The summed E-state index contributed by atoms with van der Waals surface area (Å²) in [5.74, 6) is -2.45. The minimum atomic E-state index is -1.09. The molecule has 37 heavy (non-hydrogen) atoms. The summed E-state index contributed by atoms with van der Waals surface area (Å²) >= 11 is 0. The fraction of sp³-hybridized carbons (Fsp3) is 0.385. The fourth-order valence-corrected chi connectivity index (χ4v) is 2.98. The molecule has 0 bridgehead atoms. The van der Waals surface area contributed by atoms with Gasteiger partial charge in [-0.15, -0.1) is 0 Å². The molecule has 0 spiro atoms. The zero-order chi connectivity index (χ0) is 26.8. The number of carbonyl (C=O) groups is 4. The van der Waals surface area contributed by atoms with Crippen LogP contribution in [0.25, 0.3) is 11.5 Å². The van der Waals surface area contributed by atoms with Crippen molar-refractivity contribution in [2.75, 3.05) is 13.1 Å². The van der Waals surface area contributed by atoms with E-state index in [-0.39, 0.29) is 28.9 Å². The Hall–Kier alpha value is -3.24. The number of rotatable bonds is 14. The third kappa shape index (κ3) is 15.5. The maximum absolute atomic E-state index is 11.6. The van der Waals surface area contributed by atoms with Crippen molar-refractivity contribution in [2.24, 2.45) is 0 Å². The third-order valence-electron chi connectivity index (χ3n) is 5.08.